The van der Waals surface area contributed by atoms with Crippen LogP contribution in [0.4, 0.5) is 11.6 Å². The Labute approximate surface area is 168 Å². The maximum Gasteiger partial charge on any atom is 0.255 e. The number of nitrogens with zero attached hydrogens (tertiary/aromatic N) is 4. The van der Waals surface area contributed by atoms with E-state index in [1.165, 1.54) is 0 Å². The van der Waals surface area contributed by atoms with Crippen LogP contribution in [0.25, 0.3) is 0 Å². The molecule has 1 aromatic heterocycles. The predicted molar refractivity (Wildman–Crippen MR) is 110 cm³/mol. The van der Waals surface area contributed by atoms with Gasteiger partial charge in [-0.2, -0.15) is 4.68 Å². The van der Waals surface area contributed by atoms with Crippen LogP contribution in [0.1, 0.15) is 31.0 Å². The van der Waals surface area contributed by atoms with Gasteiger partial charge in [0.1, 0.15) is 11.8 Å². The van der Waals surface area contributed by atoms with Gasteiger partial charge < -0.3 is 15.4 Å². The summed E-state index contributed by atoms with van der Waals surface area (Å²) < 4.78 is 7.43. The van der Waals surface area contributed by atoms with E-state index in [9.17, 15) is 4.79 Å². The highest BCUT2D eigenvalue weighted by Crippen LogP contribution is 2.38. The van der Waals surface area contributed by atoms with Crippen molar-refractivity contribution in [2.45, 2.75) is 26.8 Å². The van der Waals surface area contributed by atoms with Gasteiger partial charge in [0.2, 0.25) is 5.95 Å². The minimum Gasteiger partial charge on any atom is -0.494 e. The highest BCUT2D eigenvalue weighted by Gasteiger charge is 2.35. The molecule has 0 saturated heterocycles. The van der Waals surface area contributed by atoms with Gasteiger partial charge in [-0.25, -0.2) is 0 Å². The number of benzene rings is 2. The summed E-state index contributed by atoms with van der Waals surface area (Å²) in [5, 5.41) is 18.0. The molecule has 1 amide bonds. The lowest BCUT2D eigenvalue weighted by Crippen LogP contribution is -2.31. The Morgan fingerprint density at radius 2 is 1.93 bits per heavy atom. The molecule has 0 fully saturated rings. The van der Waals surface area contributed by atoms with E-state index >= 15 is 0 Å². The third-order valence-electron chi connectivity index (χ3n) is 4.78. The van der Waals surface area contributed by atoms with Crippen molar-refractivity contribution in [1.82, 2.24) is 20.2 Å². The number of para-hydroxylation sites is 1. The standard InChI is InChI=1S/C21H22N6O2/c1-4-29-17-8-6-5-7-16(17)19-18(14(3)22-21-24-25-26-27(19)21)20(28)23-15-11-9-13(2)10-12-15/h5-12,19H,4H2,1-3H3,(H,23,28)(H,22,24,26). The molecule has 4 rings (SSSR count). The summed E-state index contributed by atoms with van der Waals surface area (Å²) in [4.78, 5) is 13.3. The Kier molecular flexibility index (Phi) is 4.99. The average molecular weight is 390 g/mol. The quantitative estimate of drug-likeness (QED) is 0.694. The van der Waals surface area contributed by atoms with Gasteiger partial charge in [-0.3, -0.25) is 4.79 Å². The van der Waals surface area contributed by atoms with Gasteiger partial charge in [0, 0.05) is 16.9 Å². The first kappa shape index (κ1) is 18.7. The van der Waals surface area contributed by atoms with Crippen molar-refractivity contribution >= 4 is 17.5 Å². The first-order chi connectivity index (χ1) is 14.1. The summed E-state index contributed by atoms with van der Waals surface area (Å²) in [5.41, 5.74) is 3.88. The molecular weight excluding hydrogens is 368 g/mol. The number of amides is 1. The lowest BCUT2D eigenvalue weighted by molar-refractivity contribution is -0.113. The topological polar surface area (TPSA) is 94.0 Å². The Morgan fingerprint density at radius 1 is 1.17 bits per heavy atom. The molecule has 8 heteroatoms. The van der Waals surface area contributed by atoms with E-state index in [1.807, 2.05) is 69.3 Å². The highest BCUT2D eigenvalue weighted by atomic mass is 16.5. The van der Waals surface area contributed by atoms with Crippen molar-refractivity contribution < 1.29 is 9.53 Å². The lowest BCUT2D eigenvalue weighted by atomic mass is 9.94. The molecule has 1 atom stereocenters. The number of tetrazole rings is 1. The molecule has 1 unspecified atom stereocenters. The zero-order chi connectivity index (χ0) is 20.4. The second-order valence-electron chi connectivity index (χ2n) is 6.80. The van der Waals surface area contributed by atoms with Crippen molar-refractivity contribution in [3.05, 3.63) is 70.9 Å². The van der Waals surface area contributed by atoms with E-state index < -0.39 is 6.04 Å². The van der Waals surface area contributed by atoms with Gasteiger partial charge >= 0.3 is 0 Å². The molecule has 0 aliphatic carbocycles. The number of aryl methyl sites for hydroxylation is 1. The molecule has 1 aliphatic rings. The summed E-state index contributed by atoms with van der Waals surface area (Å²) in [5.74, 6) is 0.943. The van der Waals surface area contributed by atoms with Crippen molar-refractivity contribution in [2.75, 3.05) is 17.2 Å². The lowest BCUT2D eigenvalue weighted by Gasteiger charge is -2.29. The molecule has 2 N–H and O–H groups in total. The van der Waals surface area contributed by atoms with E-state index in [0.717, 1.165) is 16.8 Å². The number of aromatic nitrogens is 4. The van der Waals surface area contributed by atoms with E-state index in [2.05, 4.69) is 26.2 Å². The predicted octanol–water partition coefficient (Wildman–Crippen LogP) is 3.31. The molecule has 148 valence electrons. The fourth-order valence-electron chi connectivity index (χ4n) is 3.42. The SMILES string of the molecule is CCOc1ccccc1C1C(C(=O)Nc2ccc(C)cc2)=C(C)Nc2nnnn21. The molecule has 2 aromatic carbocycles. The molecule has 0 bridgehead atoms. The van der Waals surface area contributed by atoms with Gasteiger partial charge in [-0.05, 0) is 49.4 Å². The molecule has 8 nitrogen and oxygen atoms in total. The van der Waals surface area contributed by atoms with Crippen LogP contribution in [-0.2, 0) is 4.79 Å². The van der Waals surface area contributed by atoms with Crippen LogP contribution >= 0.6 is 0 Å². The van der Waals surface area contributed by atoms with Crippen molar-refractivity contribution in [3.8, 4) is 5.75 Å². The monoisotopic (exact) mass is 390 g/mol. The van der Waals surface area contributed by atoms with E-state index in [1.54, 1.807) is 4.68 Å². The molecule has 0 saturated carbocycles. The number of fused-ring (bicyclic) bond motifs is 1. The minimum atomic E-state index is -0.519. The van der Waals surface area contributed by atoms with Crippen LogP contribution in [-0.4, -0.2) is 32.7 Å². The number of hydrogen-bond donors (Lipinski definition) is 2. The zero-order valence-electron chi connectivity index (χ0n) is 16.5. The molecule has 0 radical (unpaired) electrons. The number of ether oxygens (including phenoxy) is 1. The van der Waals surface area contributed by atoms with E-state index in [-0.39, 0.29) is 5.91 Å². The molecule has 3 aromatic rings. The van der Waals surface area contributed by atoms with Crippen LogP contribution in [0.2, 0.25) is 0 Å². The highest BCUT2D eigenvalue weighted by molar-refractivity contribution is 6.06. The number of carbonyl (C=O) groups is 1. The molecular formula is C21H22N6O2. The van der Waals surface area contributed by atoms with Gasteiger partial charge in [0.05, 0.1) is 12.2 Å². The fourth-order valence-corrected chi connectivity index (χ4v) is 3.42. The first-order valence-corrected chi connectivity index (χ1v) is 9.44. The van der Waals surface area contributed by atoms with E-state index in [4.69, 9.17) is 4.74 Å². The second-order valence-corrected chi connectivity index (χ2v) is 6.80. The third-order valence-corrected chi connectivity index (χ3v) is 4.78. The zero-order valence-corrected chi connectivity index (χ0v) is 16.5. The first-order valence-electron chi connectivity index (χ1n) is 9.44. The maximum absolute atomic E-state index is 13.3. The Hall–Kier alpha value is -3.68. The van der Waals surface area contributed by atoms with Crippen LogP contribution in [0.3, 0.4) is 0 Å². The Balaban J connectivity index is 1.78. The number of allylic oxidation sites excluding steroid dienone is 1. The van der Waals surface area contributed by atoms with Gasteiger partial charge in [-0.15, -0.1) is 0 Å². The molecule has 2 heterocycles. The normalized spacial score (nSPS) is 15.5. The number of hydrogen-bond acceptors (Lipinski definition) is 6. The smallest absolute Gasteiger partial charge is 0.255 e. The molecule has 1 aliphatic heterocycles. The largest absolute Gasteiger partial charge is 0.494 e. The Morgan fingerprint density at radius 3 is 2.69 bits per heavy atom. The van der Waals surface area contributed by atoms with Crippen molar-refractivity contribution in [2.24, 2.45) is 0 Å². The fraction of sp³-hybridized carbons (Fsp3) is 0.238. The number of anilines is 2. The number of rotatable bonds is 5. The Bertz CT molecular complexity index is 1070. The van der Waals surface area contributed by atoms with E-state index in [0.29, 0.717) is 29.6 Å². The van der Waals surface area contributed by atoms with Gasteiger partial charge in [0.15, 0.2) is 0 Å². The summed E-state index contributed by atoms with van der Waals surface area (Å²) >= 11 is 0. The van der Waals surface area contributed by atoms with Crippen LogP contribution in [0.15, 0.2) is 59.8 Å². The number of carbonyl (C=O) groups excluding carboxylic acids is 1. The molecule has 29 heavy (non-hydrogen) atoms. The van der Waals surface area contributed by atoms with Gasteiger partial charge in [0.25, 0.3) is 5.91 Å². The van der Waals surface area contributed by atoms with Crippen molar-refractivity contribution in [3.63, 3.8) is 0 Å². The maximum atomic E-state index is 13.3. The van der Waals surface area contributed by atoms with Crippen LogP contribution in [0.5, 0.6) is 5.75 Å². The summed E-state index contributed by atoms with van der Waals surface area (Å²) in [6.45, 7) is 6.29. The second kappa shape index (κ2) is 7.75. The van der Waals surface area contributed by atoms with Crippen LogP contribution in [0, 0.1) is 6.92 Å². The van der Waals surface area contributed by atoms with Gasteiger partial charge in [-0.1, -0.05) is 41.0 Å². The average Bonchev–Trinajstić information content (AvgIpc) is 3.17. The third kappa shape index (κ3) is 3.56. The van der Waals surface area contributed by atoms with Crippen molar-refractivity contribution in [1.29, 1.82) is 0 Å². The molecule has 0 spiro atoms. The summed E-state index contributed by atoms with van der Waals surface area (Å²) in [7, 11) is 0. The summed E-state index contributed by atoms with van der Waals surface area (Å²) in [6.07, 6.45) is 0. The summed E-state index contributed by atoms with van der Waals surface area (Å²) in [6, 6.07) is 14.8. The minimum absolute atomic E-state index is 0.226. The number of nitrogens with one attached hydrogen (secondary N) is 2. The van der Waals surface area contributed by atoms with Crippen LogP contribution < -0.4 is 15.4 Å².